The Hall–Kier alpha value is -1.69. The van der Waals surface area contributed by atoms with Crippen molar-refractivity contribution in [2.75, 3.05) is 13.1 Å². The molecule has 0 spiro atoms. The van der Waals surface area contributed by atoms with Crippen LogP contribution in [0, 0.1) is 0 Å². The van der Waals surface area contributed by atoms with Crippen LogP contribution in [0.5, 0.6) is 0 Å². The van der Waals surface area contributed by atoms with Gasteiger partial charge >= 0.3 is 6.09 Å². The van der Waals surface area contributed by atoms with E-state index in [2.05, 4.69) is 0 Å². The van der Waals surface area contributed by atoms with Crippen molar-refractivity contribution in [2.45, 2.75) is 45.0 Å². The van der Waals surface area contributed by atoms with E-state index >= 15 is 0 Å². The first kappa shape index (κ1) is 16.7. The van der Waals surface area contributed by atoms with E-state index in [4.69, 9.17) is 9.47 Å². The fraction of sp³-hybridized carbons (Fsp3) is 0.562. The van der Waals surface area contributed by atoms with E-state index in [9.17, 15) is 13.6 Å². The van der Waals surface area contributed by atoms with Crippen LogP contribution in [0.1, 0.15) is 26.3 Å². The number of carbonyl (C=O) groups excluding carboxylic acids is 1. The number of ether oxygens (including phenoxy) is 2. The summed E-state index contributed by atoms with van der Waals surface area (Å²) in [4.78, 5) is 12.9. The van der Waals surface area contributed by atoms with Crippen LogP contribution in [0.2, 0.25) is 0 Å². The Bertz CT molecular complexity index is 514. The van der Waals surface area contributed by atoms with Gasteiger partial charge in [0.25, 0.3) is 5.92 Å². The number of alkyl halides is 2. The molecule has 0 N–H and O–H groups in total. The molecule has 22 heavy (non-hydrogen) atoms. The van der Waals surface area contributed by atoms with Crippen molar-refractivity contribution in [1.82, 2.24) is 4.90 Å². The zero-order valence-electron chi connectivity index (χ0n) is 13.0. The SMILES string of the molecule is CC(C)(C)OC(=O)N1C[C@@H](OCc2ccccc2)C(F)(F)C1. The molecule has 1 fully saturated rings. The highest BCUT2D eigenvalue weighted by Crippen LogP contribution is 2.31. The van der Waals surface area contributed by atoms with Gasteiger partial charge in [0, 0.05) is 0 Å². The lowest BCUT2D eigenvalue weighted by Crippen LogP contribution is -2.36. The van der Waals surface area contributed by atoms with E-state index in [1.165, 1.54) is 0 Å². The van der Waals surface area contributed by atoms with E-state index in [0.29, 0.717) is 0 Å². The predicted molar refractivity (Wildman–Crippen MR) is 77.8 cm³/mol. The zero-order valence-corrected chi connectivity index (χ0v) is 13.0. The maximum atomic E-state index is 14.0. The molecule has 2 rings (SSSR count). The number of likely N-dealkylation sites (tertiary alicyclic amines) is 1. The first-order chi connectivity index (χ1) is 10.2. The molecule has 122 valence electrons. The minimum absolute atomic E-state index is 0.0866. The molecule has 0 unspecified atom stereocenters. The molecule has 0 aromatic heterocycles. The molecule has 1 aliphatic rings. The number of amides is 1. The molecule has 1 aromatic carbocycles. The van der Waals surface area contributed by atoms with Gasteiger partial charge in [-0.15, -0.1) is 0 Å². The second kappa shape index (κ2) is 6.20. The Morgan fingerprint density at radius 1 is 1.32 bits per heavy atom. The van der Waals surface area contributed by atoms with E-state index in [1.54, 1.807) is 32.9 Å². The Morgan fingerprint density at radius 2 is 1.95 bits per heavy atom. The van der Waals surface area contributed by atoms with Crippen LogP contribution < -0.4 is 0 Å². The fourth-order valence-electron chi connectivity index (χ4n) is 2.17. The molecule has 1 aromatic rings. The molecular formula is C16H21F2NO3. The summed E-state index contributed by atoms with van der Waals surface area (Å²) in [5, 5.41) is 0. The Kier molecular flexibility index (Phi) is 4.70. The third-order valence-electron chi connectivity index (χ3n) is 3.20. The first-order valence-electron chi connectivity index (χ1n) is 7.19. The topological polar surface area (TPSA) is 38.8 Å². The van der Waals surface area contributed by atoms with Gasteiger partial charge in [-0.3, -0.25) is 4.90 Å². The quantitative estimate of drug-likeness (QED) is 0.858. The van der Waals surface area contributed by atoms with Gasteiger partial charge in [-0.25, -0.2) is 13.6 Å². The maximum Gasteiger partial charge on any atom is 0.410 e. The average Bonchev–Trinajstić information content (AvgIpc) is 2.71. The highest BCUT2D eigenvalue weighted by Gasteiger charge is 2.51. The molecule has 1 atom stereocenters. The van der Waals surface area contributed by atoms with Crippen molar-refractivity contribution < 1.29 is 23.0 Å². The van der Waals surface area contributed by atoms with Gasteiger partial charge < -0.3 is 9.47 Å². The third kappa shape index (κ3) is 4.40. The van der Waals surface area contributed by atoms with Crippen molar-refractivity contribution in [3.8, 4) is 0 Å². The molecule has 4 nitrogen and oxygen atoms in total. The van der Waals surface area contributed by atoms with Crippen LogP contribution in [0.4, 0.5) is 13.6 Å². The number of rotatable bonds is 3. The van der Waals surface area contributed by atoms with Crippen molar-refractivity contribution >= 4 is 6.09 Å². The summed E-state index contributed by atoms with van der Waals surface area (Å²) in [6.07, 6.45) is -2.06. The summed E-state index contributed by atoms with van der Waals surface area (Å²) in [6.45, 7) is 4.33. The molecule has 0 bridgehead atoms. The van der Waals surface area contributed by atoms with Crippen LogP contribution in [0.15, 0.2) is 30.3 Å². The molecule has 0 saturated carbocycles. The van der Waals surface area contributed by atoms with Crippen LogP contribution in [0.3, 0.4) is 0 Å². The highest BCUT2D eigenvalue weighted by molar-refractivity contribution is 5.68. The number of hydrogen-bond donors (Lipinski definition) is 0. The number of halogens is 2. The molecule has 0 radical (unpaired) electrons. The Morgan fingerprint density at radius 3 is 2.55 bits per heavy atom. The standard InChI is InChI=1S/C16H21F2NO3/c1-15(2,3)22-14(20)19-9-13(16(17,18)11-19)21-10-12-7-5-4-6-8-12/h4-8,13H,9-11H2,1-3H3/t13-/m1/s1. The molecule has 0 aliphatic carbocycles. The predicted octanol–water partition coefficient (Wildman–Crippen LogP) is 3.46. The lowest BCUT2D eigenvalue weighted by atomic mass is 10.2. The second-order valence-electron chi connectivity index (χ2n) is 6.41. The Balaban J connectivity index is 1.94. The maximum absolute atomic E-state index is 14.0. The summed E-state index contributed by atoms with van der Waals surface area (Å²) in [5.74, 6) is -3.08. The van der Waals surface area contributed by atoms with Gasteiger partial charge in [-0.05, 0) is 26.3 Å². The van der Waals surface area contributed by atoms with Crippen molar-refractivity contribution in [2.24, 2.45) is 0 Å². The smallest absolute Gasteiger partial charge is 0.410 e. The molecule has 1 amide bonds. The fourth-order valence-corrected chi connectivity index (χ4v) is 2.17. The number of carbonyl (C=O) groups is 1. The average molecular weight is 313 g/mol. The molecule has 6 heteroatoms. The summed E-state index contributed by atoms with van der Waals surface area (Å²) >= 11 is 0. The van der Waals surface area contributed by atoms with Crippen LogP contribution in [-0.2, 0) is 16.1 Å². The van der Waals surface area contributed by atoms with Crippen LogP contribution in [-0.4, -0.2) is 41.7 Å². The summed E-state index contributed by atoms with van der Waals surface area (Å²) in [7, 11) is 0. The molecule has 1 saturated heterocycles. The minimum atomic E-state index is -3.08. The Labute approximate surface area is 129 Å². The zero-order chi connectivity index (χ0) is 16.4. The lowest BCUT2D eigenvalue weighted by Gasteiger charge is -2.24. The monoisotopic (exact) mass is 313 g/mol. The summed E-state index contributed by atoms with van der Waals surface area (Å²) in [5.41, 5.74) is 0.101. The second-order valence-corrected chi connectivity index (χ2v) is 6.41. The third-order valence-corrected chi connectivity index (χ3v) is 3.20. The van der Waals surface area contributed by atoms with Gasteiger partial charge in [0.1, 0.15) is 11.7 Å². The minimum Gasteiger partial charge on any atom is -0.444 e. The largest absolute Gasteiger partial charge is 0.444 e. The van der Waals surface area contributed by atoms with Crippen LogP contribution >= 0.6 is 0 Å². The van der Waals surface area contributed by atoms with Crippen molar-refractivity contribution in [3.05, 3.63) is 35.9 Å². The van der Waals surface area contributed by atoms with Gasteiger partial charge in [-0.2, -0.15) is 0 Å². The van der Waals surface area contributed by atoms with E-state index in [1.807, 2.05) is 18.2 Å². The lowest BCUT2D eigenvalue weighted by molar-refractivity contribution is -0.110. The van der Waals surface area contributed by atoms with Gasteiger partial charge in [0.15, 0.2) is 0 Å². The molecule has 1 aliphatic heterocycles. The normalized spacial score (nSPS) is 21.0. The van der Waals surface area contributed by atoms with E-state index in [-0.39, 0.29) is 13.2 Å². The molecule has 1 heterocycles. The van der Waals surface area contributed by atoms with E-state index in [0.717, 1.165) is 10.5 Å². The number of hydrogen-bond acceptors (Lipinski definition) is 3. The van der Waals surface area contributed by atoms with Crippen molar-refractivity contribution in [3.63, 3.8) is 0 Å². The van der Waals surface area contributed by atoms with Crippen molar-refractivity contribution in [1.29, 1.82) is 0 Å². The number of benzene rings is 1. The number of nitrogens with zero attached hydrogens (tertiary/aromatic N) is 1. The van der Waals surface area contributed by atoms with E-state index < -0.39 is 30.3 Å². The van der Waals surface area contributed by atoms with Gasteiger partial charge in [0.2, 0.25) is 0 Å². The molecular weight excluding hydrogens is 292 g/mol. The summed E-state index contributed by atoms with van der Waals surface area (Å²) < 4.78 is 38.4. The van der Waals surface area contributed by atoms with Crippen LogP contribution in [0.25, 0.3) is 0 Å². The summed E-state index contributed by atoms with van der Waals surface area (Å²) in [6, 6.07) is 9.09. The highest BCUT2D eigenvalue weighted by atomic mass is 19.3. The first-order valence-corrected chi connectivity index (χ1v) is 7.19. The van der Waals surface area contributed by atoms with Gasteiger partial charge in [0.05, 0.1) is 19.7 Å². The van der Waals surface area contributed by atoms with Gasteiger partial charge in [-0.1, -0.05) is 30.3 Å².